The van der Waals surface area contributed by atoms with E-state index in [4.69, 9.17) is 0 Å². The van der Waals surface area contributed by atoms with Crippen LogP contribution in [0.5, 0.6) is 0 Å². The van der Waals surface area contributed by atoms with Crippen LogP contribution in [-0.2, 0) is 14.8 Å². The molecule has 0 spiro atoms. The maximum Gasteiger partial charge on any atom is 0.260 e. The van der Waals surface area contributed by atoms with Gasteiger partial charge in [0.15, 0.2) is 0 Å². The lowest BCUT2D eigenvalue weighted by Gasteiger charge is -2.23. The molecule has 0 saturated heterocycles. The van der Waals surface area contributed by atoms with Crippen molar-refractivity contribution < 1.29 is 13.2 Å². The van der Waals surface area contributed by atoms with Crippen molar-refractivity contribution in [2.24, 2.45) is 5.10 Å². The highest BCUT2D eigenvalue weighted by Gasteiger charge is 2.22. The van der Waals surface area contributed by atoms with Gasteiger partial charge < -0.3 is 4.57 Å². The first kappa shape index (κ1) is 25.2. The third kappa shape index (κ3) is 5.75. The molecule has 0 aliphatic carbocycles. The molecule has 1 heterocycles. The van der Waals surface area contributed by atoms with E-state index >= 15 is 0 Å². The van der Waals surface area contributed by atoms with Crippen molar-refractivity contribution in [2.75, 3.05) is 17.1 Å². The second-order valence-electron chi connectivity index (χ2n) is 8.86. The number of hydrogen-bond acceptors (Lipinski definition) is 4. The van der Waals surface area contributed by atoms with Gasteiger partial charge in [-0.3, -0.25) is 9.10 Å². The zero-order valence-corrected chi connectivity index (χ0v) is 21.6. The zero-order chi connectivity index (χ0) is 25.2. The first-order valence-corrected chi connectivity index (χ1v) is 12.9. The van der Waals surface area contributed by atoms with Crippen LogP contribution in [0, 0.1) is 41.5 Å². The Hall–Kier alpha value is -3.39. The third-order valence-corrected chi connectivity index (χ3v) is 6.78. The fourth-order valence-corrected chi connectivity index (χ4v) is 5.01. The van der Waals surface area contributed by atoms with Gasteiger partial charge in [-0.05, 0) is 88.1 Å². The minimum absolute atomic E-state index is 0.359. The van der Waals surface area contributed by atoms with Crippen molar-refractivity contribution >= 4 is 27.8 Å². The quantitative estimate of drug-likeness (QED) is 0.405. The number of nitrogens with one attached hydrogen (secondary N) is 1. The summed E-state index contributed by atoms with van der Waals surface area (Å²) in [4.78, 5) is 12.6. The fourth-order valence-electron chi connectivity index (χ4n) is 4.10. The number of aromatic nitrogens is 1. The van der Waals surface area contributed by atoms with Gasteiger partial charge in [-0.2, -0.15) is 5.10 Å². The number of anilines is 1. The number of carbonyl (C=O) groups is 1. The molecule has 0 unspecified atom stereocenters. The predicted molar refractivity (Wildman–Crippen MR) is 139 cm³/mol. The molecule has 3 aromatic rings. The van der Waals surface area contributed by atoms with Crippen molar-refractivity contribution in [1.29, 1.82) is 0 Å². The predicted octanol–water partition coefficient (Wildman–Crippen LogP) is 4.24. The van der Waals surface area contributed by atoms with Crippen LogP contribution < -0.4 is 9.73 Å². The average Bonchev–Trinajstić information content (AvgIpc) is 3.00. The van der Waals surface area contributed by atoms with Crippen molar-refractivity contribution in [1.82, 2.24) is 9.99 Å². The highest BCUT2D eigenvalue weighted by molar-refractivity contribution is 7.92. The highest BCUT2D eigenvalue weighted by atomic mass is 32.2. The van der Waals surface area contributed by atoms with E-state index < -0.39 is 15.9 Å². The molecule has 2 aromatic carbocycles. The second-order valence-corrected chi connectivity index (χ2v) is 10.8. The molecule has 180 valence electrons. The highest BCUT2D eigenvalue weighted by Crippen LogP contribution is 2.24. The molecule has 3 rings (SSSR count). The number of aryl methyl sites for hydroxylation is 5. The van der Waals surface area contributed by atoms with Gasteiger partial charge in [0, 0.05) is 22.6 Å². The van der Waals surface area contributed by atoms with Crippen LogP contribution in [0.15, 0.2) is 47.6 Å². The summed E-state index contributed by atoms with van der Waals surface area (Å²) in [6.07, 6.45) is 2.68. The summed E-state index contributed by atoms with van der Waals surface area (Å²) in [7, 11) is -3.66. The van der Waals surface area contributed by atoms with E-state index in [1.807, 2.05) is 45.9 Å². The lowest BCUT2D eigenvalue weighted by Crippen LogP contribution is -2.39. The largest absolute Gasteiger partial charge is 0.318 e. The fraction of sp³-hybridized carbons (Fsp3) is 0.308. The van der Waals surface area contributed by atoms with Crippen molar-refractivity contribution in [3.05, 3.63) is 81.7 Å². The summed E-state index contributed by atoms with van der Waals surface area (Å²) in [5, 5.41) is 4.09. The molecule has 0 aliphatic rings. The van der Waals surface area contributed by atoms with E-state index in [1.54, 1.807) is 12.3 Å². The van der Waals surface area contributed by atoms with E-state index in [0.29, 0.717) is 5.69 Å². The smallest absolute Gasteiger partial charge is 0.260 e. The van der Waals surface area contributed by atoms with Crippen LogP contribution in [0.1, 0.15) is 39.2 Å². The lowest BCUT2D eigenvalue weighted by atomic mass is 10.1. The number of nitrogens with zero attached hydrogens (tertiary/aromatic N) is 3. The molecule has 1 N–H and O–H groups in total. The van der Waals surface area contributed by atoms with Crippen LogP contribution >= 0.6 is 0 Å². The Balaban J connectivity index is 1.79. The van der Waals surface area contributed by atoms with E-state index in [2.05, 4.69) is 47.1 Å². The summed E-state index contributed by atoms with van der Waals surface area (Å²) in [5.41, 5.74) is 11.0. The molecule has 7 nitrogen and oxygen atoms in total. The van der Waals surface area contributed by atoms with Crippen LogP contribution in [-0.4, -0.2) is 37.9 Å². The van der Waals surface area contributed by atoms with Gasteiger partial charge in [0.05, 0.1) is 18.2 Å². The molecular formula is C26H32N4O3S. The number of rotatable bonds is 7. The Kier molecular flexibility index (Phi) is 7.31. The van der Waals surface area contributed by atoms with Gasteiger partial charge in [0.1, 0.15) is 6.54 Å². The second kappa shape index (κ2) is 9.85. The molecule has 8 heteroatoms. The summed E-state index contributed by atoms with van der Waals surface area (Å²) >= 11 is 0. The number of hydrazone groups is 1. The maximum atomic E-state index is 12.6. The Morgan fingerprint density at radius 1 is 0.971 bits per heavy atom. The van der Waals surface area contributed by atoms with Crippen molar-refractivity contribution in [3.63, 3.8) is 0 Å². The van der Waals surface area contributed by atoms with E-state index in [9.17, 15) is 13.2 Å². The minimum atomic E-state index is -3.66. The van der Waals surface area contributed by atoms with Gasteiger partial charge >= 0.3 is 0 Å². The molecule has 0 saturated carbocycles. The van der Waals surface area contributed by atoms with Gasteiger partial charge in [0.25, 0.3) is 5.91 Å². The van der Waals surface area contributed by atoms with Gasteiger partial charge in [0.2, 0.25) is 10.0 Å². The molecule has 34 heavy (non-hydrogen) atoms. The Bertz CT molecular complexity index is 1350. The van der Waals surface area contributed by atoms with Crippen LogP contribution in [0.3, 0.4) is 0 Å². The van der Waals surface area contributed by atoms with Crippen molar-refractivity contribution in [2.45, 2.75) is 41.5 Å². The summed E-state index contributed by atoms with van der Waals surface area (Å²) in [6.45, 7) is 11.5. The topological polar surface area (TPSA) is 83.8 Å². The number of benzene rings is 2. The molecule has 0 radical (unpaired) electrons. The Morgan fingerprint density at radius 3 is 2.24 bits per heavy atom. The SMILES string of the molecule is Cc1cc(C)cc(-n2c(C)cc(/C=N\NC(=O)CN(c3cc(C)ccc3C)S(C)(=O)=O)c2C)c1. The first-order valence-electron chi connectivity index (χ1n) is 11.0. The first-order chi connectivity index (χ1) is 15.9. The molecule has 0 atom stereocenters. The number of amides is 1. The number of carbonyl (C=O) groups excluding carboxylic acids is 1. The Labute approximate surface area is 202 Å². The Morgan fingerprint density at radius 2 is 1.62 bits per heavy atom. The lowest BCUT2D eigenvalue weighted by molar-refractivity contribution is -0.119. The maximum absolute atomic E-state index is 12.6. The van der Waals surface area contributed by atoms with Crippen LogP contribution in [0.4, 0.5) is 5.69 Å². The molecule has 1 aromatic heterocycles. The normalized spacial score (nSPS) is 11.7. The third-order valence-electron chi connectivity index (χ3n) is 5.65. The summed E-state index contributed by atoms with van der Waals surface area (Å²) < 4.78 is 28.0. The number of sulfonamides is 1. The van der Waals surface area contributed by atoms with Crippen LogP contribution in [0.2, 0.25) is 0 Å². The van der Waals surface area contributed by atoms with Crippen LogP contribution in [0.25, 0.3) is 5.69 Å². The van der Waals surface area contributed by atoms with Gasteiger partial charge in [-0.25, -0.2) is 13.8 Å². The van der Waals surface area contributed by atoms with Gasteiger partial charge in [-0.15, -0.1) is 0 Å². The average molecular weight is 481 g/mol. The van der Waals surface area contributed by atoms with E-state index in [0.717, 1.165) is 44.3 Å². The summed E-state index contributed by atoms with van der Waals surface area (Å²) in [6, 6.07) is 13.9. The molecule has 1 amide bonds. The molecular weight excluding hydrogens is 448 g/mol. The standard InChI is InChI=1S/C26H32N4O3S/c1-17-8-9-20(4)25(13-17)29(34(7,32)33)16-26(31)28-27-15-23-14-21(5)30(22(23)6)24-11-18(2)10-19(3)12-24/h8-15H,16H2,1-7H3,(H,28,31)/b27-15-. The van der Waals surface area contributed by atoms with Gasteiger partial charge in [-0.1, -0.05) is 18.2 Å². The minimum Gasteiger partial charge on any atom is -0.318 e. The number of hydrogen-bond donors (Lipinski definition) is 1. The molecule has 0 aliphatic heterocycles. The molecule has 0 bridgehead atoms. The van der Waals surface area contributed by atoms with E-state index in [-0.39, 0.29) is 6.54 Å². The van der Waals surface area contributed by atoms with Crippen molar-refractivity contribution in [3.8, 4) is 5.69 Å². The summed E-state index contributed by atoms with van der Waals surface area (Å²) in [5.74, 6) is -0.523. The monoisotopic (exact) mass is 480 g/mol. The zero-order valence-electron chi connectivity index (χ0n) is 20.8. The molecule has 0 fully saturated rings. The van der Waals surface area contributed by atoms with E-state index in [1.165, 1.54) is 11.1 Å².